The minimum Gasteiger partial charge on any atom is -0.476 e. The van der Waals surface area contributed by atoms with Crippen LogP contribution in [0.3, 0.4) is 0 Å². The fourth-order valence-corrected chi connectivity index (χ4v) is 8.51. The number of rotatable bonds is 5. The SMILES string of the molecule is Cc1cc(OCCC23O[C@H]4[C@@H](O)C=C[C@H]5[C@H]6CC(=C2[C@]54CCN6C)C=CC3O)nn1-c1ccc2ccccc2c1. The Morgan fingerprint density at radius 3 is 2.80 bits per heavy atom. The molecular formula is C33H35N3O4. The van der Waals surface area contributed by atoms with E-state index in [9.17, 15) is 10.2 Å². The van der Waals surface area contributed by atoms with Crippen LogP contribution in [0.25, 0.3) is 16.5 Å². The smallest absolute Gasteiger partial charge is 0.233 e. The van der Waals surface area contributed by atoms with Crippen molar-refractivity contribution in [2.24, 2.45) is 11.3 Å². The normalized spacial score (nSPS) is 35.9. The fourth-order valence-electron chi connectivity index (χ4n) is 8.51. The van der Waals surface area contributed by atoms with E-state index in [1.54, 1.807) is 0 Å². The van der Waals surface area contributed by atoms with Crippen LogP contribution in [-0.4, -0.2) is 75.0 Å². The van der Waals surface area contributed by atoms with Crippen molar-refractivity contribution in [2.75, 3.05) is 20.2 Å². The summed E-state index contributed by atoms with van der Waals surface area (Å²) in [5.74, 6) is 0.813. The van der Waals surface area contributed by atoms with Crippen LogP contribution in [0.5, 0.6) is 5.88 Å². The first kappa shape index (κ1) is 24.6. The predicted molar refractivity (Wildman–Crippen MR) is 152 cm³/mol. The zero-order valence-electron chi connectivity index (χ0n) is 22.9. The topological polar surface area (TPSA) is 80.0 Å². The number of aryl methyl sites for hydroxylation is 1. The molecule has 2 unspecified atom stereocenters. The molecule has 0 amide bonds. The second-order valence-corrected chi connectivity index (χ2v) is 12.2. The van der Waals surface area contributed by atoms with Crippen LogP contribution >= 0.6 is 0 Å². The van der Waals surface area contributed by atoms with Gasteiger partial charge in [0, 0.05) is 35.6 Å². The molecule has 0 saturated carbocycles. The fraction of sp³-hybridized carbons (Fsp3) is 0.424. The quantitative estimate of drug-likeness (QED) is 0.477. The van der Waals surface area contributed by atoms with Gasteiger partial charge in [0.1, 0.15) is 11.7 Å². The largest absolute Gasteiger partial charge is 0.476 e. The highest BCUT2D eigenvalue weighted by molar-refractivity contribution is 5.84. The summed E-state index contributed by atoms with van der Waals surface area (Å²) in [6.07, 6.45) is 8.58. The molecule has 2 aliphatic heterocycles. The molecule has 7 heteroatoms. The molecule has 7 atom stereocenters. The Morgan fingerprint density at radius 1 is 1.07 bits per heavy atom. The lowest BCUT2D eigenvalue weighted by Crippen LogP contribution is -2.62. The molecule has 2 saturated heterocycles. The number of ether oxygens (including phenoxy) is 2. The number of hydrogen-bond donors (Lipinski definition) is 2. The number of aromatic nitrogens is 2. The Hall–Kier alpha value is -3.23. The van der Waals surface area contributed by atoms with Gasteiger partial charge in [0.2, 0.25) is 5.88 Å². The number of allylic oxidation sites excluding steroid dienone is 1. The highest BCUT2D eigenvalue weighted by Gasteiger charge is 2.71. The van der Waals surface area contributed by atoms with Gasteiger partial charge in [0.15, 0.2) is 0 Å². The molecule has 2 fully saturated rings. The third-order valence-electron chi connectivity index (χ3n) is 10.3. The molecule has 7 nitrogen and oxygen atoms in total. The number of hydrogen-bond acceptors (Lipinski definition) is 6. The number of likely N-dealkylation sites (tertiary alicyclic amines) is 1. The second kappa shape index (κ2) is 8.63. The molecule has 2 aromatic carbocycles. The molecule has 3 aromatic rings. The lowest BCUT2D eigenvalue weighted by Gasteiger charge is -2.58. The first-order valence-electron chi connectivity index (χ1n) is 14.4. The number of nitrogens with zero attached hydrogens (tertiary/aromatic N) is 3. The van der Waals surface area contributed by atoms with Crippen molar-refractivity contribution in [2.45, 2.75) is 56.1 Å². The van der Waals surface area contributed by atoms with Crippen molar-refractivity contribution in [1.82, 2.24) is 14.7 Å². The van der Waals surface area contributed by atoms with Crippen LogP contribution in [0.1, 0.15) is 25.0 Å². The molecule has 206 valence electrons. The molecule has 0 radical (unpaired) electrons. The lowest BCUT2D eigenvalue weighted by atomic mass is 9.50. The molecule has 8 rings (SSSR count). The summed E-state index contributed by atoms with van der Waals surface area (Å²) in [4.78, 5) is 2.45. The molecule has 5 aliphatic rings. The standard InChI is InChI=1S/C33H35N3O4/c1-20-17-29(34-36(20)24-9-7-21-5-3-4-6-22(21)18-24)39-16-14-33-28(38)12-8-23-19-26-25-10-11-27(37)31(40-33)32(25,30(23)33)13-15-35(26)2/h3-12,17-18,25-28,31,37-38H,13-16,19H2,1-2H3/t25-,26+,27-,28?,31-,32-,33?/m0/s1. The van der Waals surface area contributed by atoms with Crippen LogP contribution in [0.4, 0.5) is 0 Å². The summed E-state index contributed by atoms with van der Waals surface area (Å²) >= 11 is 0. The van der Waals surface area contributed by atoms with E-state index in [4.69, 9.17) is 14.6 Å². The van der Waals surface area contributed by atoms with Crippen LogP contribution < -0.4 is 4.74 Å². The third kappa shape index (κ3) is 3.23. The van der Waals surface area contributed by atoms with Crippen molar-refractivity contribution in [1.29, 1.82) is 0 Å². The van der Waals surface area contributed by atoms with Crippen molar-refractivity contribution in [3.8, 4) is 11.6 Å². The van der Waals surface area contributed by atoms with Gasteiger partial charge in [-0.2, -0.15) is 0 Å². The monoisotopic (exact) mass is 537 g/mol. The van der Waals surface area contributed by atoms with E-state index < -0.39 is 17.8 Å². The lowest BCUT2D eigenvalue weighted by molar-refractivity contribution is -0.145. The Balaban J connectivity index is 1.09. The molecule has 1 aromatic heterocycles. The number of aliphatic hydroxyl groups excluding tert-OH is 2. The van der Waals surface area contributed by atoms with Crippen molar-refractivity contribution in [3.05, 3.63) is 89.7 Å². The minimum atomic E-state index is -0.906. The van der Waals surface area contributed by atoms with Gasteiger partial charge >= 0.3 is 0 Å². The summed E-state index contributed by atoms with van der Waals surface area (Å²) in [7, 11) is 2.20. The van der Waals surface area contributed by atoms with Gasteiger partial charge in [0.25, 0.3) is 0 Å². The molecule has 40 heavy (non-hydrogen) atoms. The first-order chi connectivity index (χ1) is 19.4. The van der Waals surface area contributed by atoms with Crippen LogP contribution in [0.15, 0.2) is 84.0 Å². The molecule has 2 bridgehead atoms. The molecule has 1 spiro atoms. The maximum Gasteiger partial charge on any atom is 0.233 e. The van der Waals surface area contributed by atoms with Gasteiger partial charge in [-0.1, -0.05) is 54.6 Å². The first-order valence-corrected chi connectivity index (χ1v) is 14.4. The summed E-state index contributed by atoms with van der Waals surface area (Å²) in [6.45, 7) is 3.32. The third-order valence-corrected chi connectivity index (χ3v) is 10.3. The zero-order chi connectivity index (χ0) is 27.2. The number of aliphatic hydroxyl groups is 2. The van der Waals surface area contributed by atoms with E-state index in [2.05, 4.69) is 54.4 Å². The Labute approximate surface area is 234 Å². The van der Waals surface area contributed by atoms with E-state index in [1.807, 2.05) is 42.0 Å². The van der Waals surface area contributed by atoms with Gasteiger partial charge in [-0.05, 0) is 67.4 Å². The zero-order valence-corrected chi connectivity index (χ0v) is 22.9. The average Bonchev–Trinajstić information content (AvgIpc) is 3.48. The number of benzene rings is 2. The Kier molecular flexibility index (Phi) is 5.30. The van der Waals surface area contributed by atoms with E-state index in [0.29, 0.717) is 24.9 Å². The highest BCUT2D eigenvalue weighted by Crippen LogP contribution is 2.67. The highest BCUT2D eigenvalue weighted by atomic mass is 16.5. The Bertz CT molecular complexity index is 1610. The maximum absolute atomic E-state index is 11.5. The van der Waals surface area contributed by atoms with Gasteiger partial charge in [-0.25, -0.2) is 4.68 Å². The molecular weight excluding hydrogens is 502 g/mol. The van der Waals surface area contributed by atoms with Crippen LogP contribution in [0, 0.1) is 18.3 Å². The molecule has 3 aliphatic carbocycles. The maximum atomic E-state index is 11.5. The Morgan fingerprint density at radius 2 is 1.93 bits per heavy atom. The van der Waals surface area contributed by atoms with Gasteiger partial charge in [-0.15, -0.1) is 5.10 Å². The number of piperidine rings is 1. The summed E-state index contributed by atoms with van der Waals surface area (Å²) in [5.41, 5.74) is 3.24. The average molecular weight is 538 g/mol. The van der Waals surface area contributed by atoms with E-state index in [0.717, 1.165) is 36.2 Å². The van der Waals surface area contributed by atoms with Crippen LogP contribution in [-0.2, 0) is 4.74 Å². The summed E-state index contributed by atoms with van der Waals surface area (Å²) in [6, 6.07) is 16.9. The van der Waals surface area contributed by atoms with Gasteiger partial charge < -0.3 is 24.6 Å². The van der Waals surface area contributed by atoms with Gasteiger partial charge in [-0.3, -0.25) is 0 Å². The van der Waals surface area contributed by atoms with Crippen LogP contribution in [0.2, 0.25) is 0 Å². The second-order valence-electron chi connectivity index (χ2n) is 12.2. The number of fused-ring (bicyclic) bond motifs is 1. The molecule has 3 heterocycles. The molecule has 2 N–H and O–H groups in total. The van der Waals surface area contributed by atoms with E-state index in [1.165, 1.54) is 16.5 Å². The van der Waals surface area contributed by atoms with E-state index >= 15 is 0 Å². The van der Waals surface area contributed by atoms with Gasteiger partial charge in [0.05, 0.1) is 24.5 Å². The van der Waals surface area contributed by atoms with E-state index in [-0.39, 0.29) is 17.4 Å². The predicted octanol–water partition coefficient (Wildman–Crippen LogP) is 4.11. The van der Waals surface area contributed by atoms with Crippen molar-refractivity contribution >= 4 is 10.8 Å². The van der Waals surface area contributed by atoms with Crippen molar-refractivity contribution < 1.29 is 19.7 Å². The van der Waals surface area contributed by atoms with Crippen molar-refractivity contribution in [3.63, 3.8) is 0 Å². The summed E-state index contributed by atoms with van der Waals surface area (Å²) < 4.78 is 15.0. The minimum absolute atomic E-state index is 0.264. The summed E-state index contributed by atoms with van der Waals surface area (Å²) in [5, 5.41) is 29.7.